The van der Waals surface area contributed by atoms with E-state index in [4.69, 9.17) is 9.72 Å². The number of aromatic nitrogens is 2. The first-order chi connectivity index (χ1) is 14.6. The molecular formula is C22H17N3O5. The lowest BCUT2D eigenvalue weighted by atomic mass is 10.0. The van der Waals surface area contributed by atoms with Crippen LogP contribution in [0.3, 0.4) is 0 Å². The van der Waals surface area contributed by atoms with Crippen LogP contribution in [-0.2, 0) is 4.84 Å². The lowest BCUT2D eigenvalue weighted by molar-refractivity contribution is -0.757. The third-order valence-electron chi connectivity index (χ3n) is 4.47. The number of pyridine rings is 1. The summed E-state index contributed by atoms with van der Waals surface area (Å²) in [4.78, 5) is 32.4. The van der Waals surface area contributed by atoms with Crippen LogP contribution in [0, 0.1) is 10.1 Å². The molecule has 2 heterocycles. The van der Waals surface area contributed by atoms with E-state index in [1.807, 2.05) is 36.4 Å². The number of benzene rings is 2. The molecule has 8 heteroatoms. The van der Waals surface area contributed by atoms with E-state index >= 15 is 0 Å². The molecule has 0 atom stereocenters. The second-order valence-corrected chi connectivity index (χ2v) is 6.37. The lowest BCUT2D eigenvalue weighted by Gasteiger charge is -2.12. The minimum atomic E-state index is -0.860. The van der Waals surface area contributed by atoms with Gasteiger partial charge >= 0.3 is 0 Å². The molecule has 30 heavy (non-hydrogen) atoms. The van der Waals surface area contributed by atoms with Crippen LogP contribution in [0.5, 0.6) is 5.75 Å². The molecule has 0 aliphatic heterocycles. The number of hydrogen-bond acceptors (Lipinski definition) is 6. The number of hydrogen-bond donors (Lipinski definition) is 0. The van der Waals surface area contributed by atoms with Crippen molar-refractivity contribution in [2.75, 3.05) is 13.2 Å². The van der Waals surface area contributed by atoms with E-state index in [-0.39, 0.29) is 18.8 Å². The van der Waals surface area contributed by atoms with Gasteiger partial charge in [0, 0.05) is 11.8 Å². The van der Waals surface area contributed by atoms with Crippen LogP contribution < -0.4 is 10.3 Å². The third kappa shape index (κ3) is 3.97. The fourth-order valence-corrected chi connectivity index (χ4v) is 3.14. The molecule has 4 rings (SSSR count). The Morgan fingerprint density at radius 1 is 0.900 bits per heavy atom. The van der Waals surface area contributed by atoms with Crippen molar-refractivity contribution < 1.29 is 14.7 Å². The molecule has 150 valence electrons. The van der Waals surface area contributed by atoms with Crippen molar-refractivity contribution >= 4 is 5.65 Å². The van der Waals surface area contributed by atoms with Gasteiger partial charge < -0.3 is 9.57 Å². The summed E-state index contributed by atoms with van der Waals surface area (Å²) in [7, 11) is 0. The van der Waals surface area contributed by atoms with Crippen LogP contribution in [0.15, 0.2) is 83.8 Å². The monoisotopic (exact) mass is 403 g/mol. The SMILES string of the molecule is O=c1c(-c2ccccc2)c(-c2ccc(OCCO[N+](=O)[O-])cc2)nc2ccccn12. The lowest BCUT2D eigenvalue weighted by Crippen LogP contribution is -2.18. The fourth-order valence-electron chi connectivity index (χ4n) is 3.14. The van der Waals surface area contributed by atoms with Crippen LogP contribution in [0.1, 0.15) is 0 Å². The Balaban J connectivity index is 1.73. The molecule has 0 aliphatic rings. The molecule has 2 aromatic carbocycles. The zero-order valence-electron chi connectivity index (χ0n) is 15.8. The largest absolute Gasteiger partial charge is 0.492 e. The fraction of sp³-hybridized carbons (Fsp3) is 0.0909. The minimum Gasteiger partial charge on any atom is -0.492 e. The molecule has 0 bridgehead atoms. The van der Waals surface area contributed by atoms with Gasteiger partial charge in [-0.2, -0.15) is 0 Å². The van der Waals surface area contributed by atoms with E-state index < -0.39 is 5.09 Å². The molecule has 8 nitrogen and oxygen atoms in total. The molecule has 0 spiro atoms. The van der Waals surface area contributed by atoms with Crippen molar-refractivity contribution in [1.82, 2.24) is 9.38 Å². The van der Waals surface area contributed by atoms with E-state index in [1.165, 1.54) is 4.40 Å². The van der Waals surface area contributed by atoms with Crippen molar-refractivity contribution in [3.05, 3.63) is 99.5 Å². The predicted octanol–water partition coefficient (Wildman–Crippen LogP) is 3.62. The predicted molar refractivity (Wildman–Crippen MR) is 111 cm³/mol. The zero-order chi connectivity index (χ0) is 20.9. The van der Waals surface area contributed by atoms with Crippen molar-refractivity contribution in [3.8, 4) is 28.1 Å². The summed E-state index contributed by atoms with van der Waals surface area (Å²) in [6.07, 6.45) is 1.70. The average Bonchev–Trinajstić information content (AvgIpc) is 2.77. The summed E-state index contributed by atoms with van der Waals surface area (Å²) < 4.78 is 6.97. The average molecular weight is 403 g/mol. The summed E-state index contributed by atoms with van der Waals surface area (Å²) in [5.74, 6) is 0.532. The number of ether oxygens (including phenoxy) is 1. The van der Waals surface area contributed by atoms with E-state index in [1.54, 1.807) is 42.6 Å². The summed E-state index contributed by atoms with van der Waals surface area (Å²) in [5.41, 5.74) is 3.01. The first-order valence-electron chi connectivity index (χ1n) is 9.21. The second kappa shape index (κ2) is 8.44. The van der Waals surface area contributed by atoms with Crippen LogP contribution in [0.25, 0.3) is 28.0 Å². The Morgan fingerprint density at radius 3 is 2.37 bits per heavy atom. The van der Waals surface area contributed by atoms with Crippen molar-refractivity contribution in [2.45, 2.75) is 0 Å². The van der Waals surface area contributed by atoms with Crippen LogP contribution >= 0.6 is 0 Å². The van der Waals surface area contributed by atoms with E-state index in [9.17, 15) is 14.9 Å². The zero-order valence-corrected chi connectivity index (χ0v) is 15.8. The summed E-state index contributed by atoms with van der Waals surface area (Å²) in [5, 5.41) is 9.32. The molecule has 0 saturated heterocycles. The molecule has 0 saturated carbocycles. The molecule has 0 amide bonds. The maximum absolute atomic E-state index is 13.2. The molecule has 0 radical (unpaired) electrons. The van der Waals surface area contributed by atoms with Gasteiger partial charge in [-0.25, -0.2) is 4.98 Å². The molecule has 0 N–H and O–H groups in total. The van der Waals surface area contributed by atoms with Gasteiger partial charge in [-0.3, -0.25) is 9.20 Å². The quantitative estimate of drug-likeness (QED) is 0.266. The number of fused-ring (bicyclic) bond motifs is 1. The third-order valence-corrected chi connectivity index (χ3v) is 4.47. The highest BCUT2D eigenvalue weighted by Crippen LogP contribution is 2.29. The van der Waals surface area contributed by atoms with Gasteiger partial charge in [-0.05, 0) is 42.0 Å². The summed E-state index contributed by atoms with van der Waals surface area (Å²) >= 11 is 0. The molecule has 0 unspecified atom stereocenters. The smallest absolute Gasteiger partial charge is 0.294 e. The highest BCUT2D eigenvalue weighted by molar-refractivity contribution is 5.81. The Labute approximate surface area is 171 Å². The van der Waals surface area contributed by atoms with Gasteiger partial charge in [0.05, 0.1) is 11.3 Å². The van der Waals surface area contributed by atoms with Gasteiger partial charge in [0.15, 0.2) is 0 Å². The molecule has 4 aromatic rings. The van der Waals surface area contributed by atoms with Gasteiger partial charge in [-0.15, -0.1) is 10.1 Å². The standard InChI is InChI=1S/C22H17N3O5/c26-22-20(16-6-2-1-3-7-16)21(23-19-8-4-5-13-24(19)22)17-9-11-18(12-10-17)29-14-15-30-25(27)28/h1-13H,14-15H2. The Morgan fingerprint density at radius 2 is 1.63 bits per heavy atom. The Kier molecular flexibility index (Phi) is 5.38. The Hall–Kier alpha value is -4.20. The van der Waals surface area contributed by atoms with E-state index in [0.717, 1.165) is 11.1 Å². The normalized spacial score (nSPS) is 10.7. The van der Waals surface area contributed by atoms with Crippen molar-refractivity contribution in [3.63, 3.8) is 0 Å². The van der Waals surface area contributed by atoms with Crippen molar-refractivity contribution in [1.29, 1.82) is 0 Å². The van der Waals surface area contributed by atoms with Crippen LogP contribution in [0.4, 0.5) is 0 Å². The first kappa shape index (κ1) is 19.1. The first-order valence-corrected chi connectivity index (χ1v) is 9.21. The Bertz CT molecular complexity index is 1240. The molecule has 0 aliphatic carbocycles. The molecular weight excluding hydrogens is 386 g/mol. The van der Waals surface area contributed by atoms with E-state index in [0.29, 0.717) is 22.7 Å². The van der Waals surface area contributed by atoms with Crippen LogP contribution in [-0.4, -0.2) is 27.7 Å². The second-order valence-electron chi connectivity index (χ2n) is 6.37. The van der Waals surface area contributed by atoms with Gasteiger partial charge in [0.2, 0.25) is 0 Å². The maximum atomic E-state index is 13.2. The molecule has 0 fully saturated rings. The van der Waals surface area contributed by atoms with Gasteiger partial charge in [0.1, 0.15) is 24.6 Å². The topological polar surface area (TPSA) is 96.0 Å². The van der Waals surface area contributed by atoms with Gasteiger partial charge in [0.25, 0.3) is 10.6 Å². The summed E-state index contributed by atoms with van der Waals surface area (Å²) in [6, 6.07) is 21.9. The van der Waals surface area contributed by atoms with Crippen molar-refractivity contribution in [2.24, 2.45) is 0 Å². The maximum Gasteiger partial charge on any atom is 0.294 e. The highest BCUT2D eigenvalue weighted by atomic mass is 17.0. The van der Waals surface area contributed by atoms with Gasteiger partial charge in [-0.1, -0.05) is 36.4 Å². The number of rotatable bonds is 7. The van der Waals surface area contributed by atoms with E-state index in [2.05, 4.69) is 4.84 Å². The number of nitrogens with zero attached hydrogens (tertiary/aromatic N) is 3. The highest BCUT2D eigenvalue weighted by Gasteiger charge is 2.16. The summed E-state index contributed by atoms with van der Waals surface area (Å²) in [6.45, 7) is -0.110. The molecule has 2 aromatic heterocycles. The van der Waals surface area contributed by atoms with Crippen LogP contribution in [0.2, 0.25) is 0 Å². The minimum absolute atomic E-state index is 0.0468.